The first-order valence-electron chi connectivity index (χ1n) is 7.83. The van der Waals surface area contributed by atoms with Gasteiger partial charge < -0.3 is 20.0 Å². The van der Waals surface area contributed by atoms with Crippen molar-refractivity contribution in [2.45, 2.75) is 33.1 Å². The maximum atomic E-state index is 12.0. The van der Waals surface area contributed by atoms with Crippen LogP contribution < -0.4 is 9.80 Å². The lowest BCUT2D eigenvalue weighted by atomic mass is 9.92. The molecule has 0 radical (unpaired) electrons. The van der Waals surface area contributed by atoms with Gasteiger partial charge in [0.2, 0.25) is 0 Å². The molecule has 1 heterocycles. The summed E-state index contributed by atoms with van der Waals surface area (Å²) in [7, 11) is 3.57. The van der Waals surface area contributed by atoms with Crippen molar-refractivity contribution in [3.05, 3.63) is 22.3 Å². The van der Waals surface area contributed by atoms with Crippen LogP contribution in [0.2, 0.25) is 0 Å². The quantitative estimate of drug-likeness (QED) is 0.888. The molecular weight excluding hydrogens is 296 g/mol. The molecule has 0 aliphatic carbocycles. The average molecular weight is 320 g/mol. The van der Waals surface area contributed by atoms with Gasteiger partial charge in [0, 0.05) is 27.2 Å². The minimum absolute atomic E-state index is 0.0948. The van der Waals surface area contributed by atoms with Crippen molar-refractivity contribution >= 4 is 23.3 Å². The summed E-state index contributed by atoms with van der Waals surface area (Å²) in [5.41, 5.74) is 2.49. The van der Waals surface area contributed by atoms with E-state index in [1.807, 2.05) is 4.90 Å². The van der Waals surface area contributed by atoms with Gasteiger partial charge in [-0.2, -0.15) is 0 Å². The van der Waals surface area contributed by atoms with E-state index in [-0.39, 0.29) is 11.1 Å². The Balaban J connectivity index is 2.87. The third kappa shape index (κ3) is 2.98. The van der Waals surface area contributed by atoms with Gasteiger partial charge >= 0.3 is 11.9 Å². The molecule has 1 aromatic carbocycles. The second-order valence-corrected chi connectivity index (χ2v) is 6.25. The number of carboxylic acid groups (broad SMARTS) is 2. The number of hydrogen-bond donors (Lipinski definition) is 2. The molecule has 0 aromatic heterocycles. The van der Waals surface area contributed by atoms with Crippen molar-refractivity contribution in [3.8, 4) is 0 Å². The van der Waals surface area contributed by atoms with Crippen LogP contribution in [0.4, 0.5) is 11.4 Å². The van der Waals surface area contributed by atoms with Gasteiger partial charge in [-0.3, -0.25) is 0 Å². The van der Waals surface area contributed by atoms with E-state index in [0.717, 1.165) is 19.3 Å². The lowest BCUT2D eigenvalue weighted by Crippen LogP contribution is -2.34. The first kappa shape index (κ1) is 17.1. The van der Waals surface area contributed by atoms with Gasteiger partial charge in [-0.05, 0) is 44.2 Å². The van der Waals surface area contributed by atoms with Crippen molar-refractivity contribution in [3.63, 3.8) is 0 Å². The second kappa shape index (κ2) is 6.48. The molecule has 6 heteroatoms. The van der Waals surface area contributed by atoms with Crippen LogP contribution in [0.1, 0.15) is 51.1 Å². The van der Waals surface area contributed by atoms with E-state index >= 15 is 0 Å². The van der Waals surface area contributed by atoms with Crippen LogP contribution in [0.25, 0.3) is 0 Å². The molecule has 0 unspecified atom stereocenters. The lowest BCUT2D eigenvalue weighted by molar-refractivity contribution is 0.0695. The molecule has 1 fully saturated rings. The largest absolute Gasteiger partial charge is 0.478 e. The molecule has 1 aromatic rings. The highest BCUT2D eigenvalue weighted by Crippen LogP contribution is 2.40. The van der Waals surface area contributed by atoms with E-state index in [1.54, 1.807) is 32.8 Å². The summed E-state index contributed by atoms with van der Waals surface area (Å²) in [5, 5.41) is 19.5. The Labute approximate surface area is 136 Å². The van der Waals surface area contributed by atoms with Crippen molar-refractivity contribution in [2.75, 3.05) is 37.0 Å². The smallest absolute Gasteiger partial charge is 0.339 e. The summed E-state index contributed by atoms with van der Waals surface area (Å²) >= 11 is 0. The van der Waals surface area contributed by atoms with E-state index in [1.165, 1.54) is 0 Å². The highest BCUT2D eigenvalue weighted by molar-refractivity contribution is 6.09. The molecule has 0 amide bonds. The van der Waals surface area contributed by atoms with E-state index in [9.17, 15) is 19.8 Å². The number of rotatable bonds is 4. The van der Waals surface area contributed by atoms with E-state index in [2.05, 4.69) is 0 Å². The summed E-state index contributed by atoms with van der Waals surface area (Å²) in [5.74, 6) is -2.15. The van der Waals surface area contributed by atoms with Gasteiger partial charge in [-0.1, -0.05) is 0 Å². The van der Waals surface area contributed by atoms with Crippen LogP contribution in [-0.2, 0) is 0 Å². The number of carboxylic acids is 2. The minimum atomic E-state index is -1.08. The zero-order valence-electron chi connectivity index (χ0n) is 14.1. The Morgan fingerprint density at radius 2 is 1.43 bits per heavy atom. The molecule has 1 saturated heterocycles. The fourth-order valence-electron chi connectivity index (χ4n) is 3.42. The maximum absolute atomic E-state index is 12.0. The van der Waals surface area contributed by atoms with Gasteiger partial charge in [-0.25, -0.2) is 9.59 Å². The van der Waals surface area contributed by atoms with Gasteiger partial charge in [0.15, 0.2) is 0 Å². The normalized spacial score (nSPS) is 14.7. The molecule has 2 rings (SSSR count). The number of hydrogen-bond acceptors (Lipinski definition) is 4. The van der Waals surface area contributed by atoms with Crippen molar-refractivity contribution < 1.29 is 19.8 Å². The SMILES string of the molecule is Cc1c(C)c(N(C)C)c(C(=O)O)c(N2CCCCC2)c1C(=O)O. The molecule has 2 N–H and O–H groups in total. The molecule has 23 heavy (non-hydrogen) atoms. The lowest BCUT2D eigenvalue weighted by Gasteiger charge is -2.34. The Bertz CT molecular complexity index is 647. The van der Waals surface area contributed by atoms with Crippen molar-refractivity contribution in [1.29, 1.82) is 0 Å². The number of nitrogens with zero attached hydrogens (tertiary/aromatic N) is 2. The molecule has 0 saturated carbocycles. The molecule has 1 aliphatic heterocycles. The Kier molecular flexibility index (Phi) is 4.82. The minimum Gasteiger partial charge on any atom is -0.478 e. The monoisotopic (exact) mass is 320 g/mol. The zero-order chi connectivity index (χ0) is 17.3. The van der Waals surface area contributed by atoms with Crippen LogP contribution >= 0.6 is 0 Å². The summed E-state index contributed by atoms with van der Waals surface area (Å²) in [6.07, 6.45) is 2.98. The number of aromatic carboxylic acids is 2. The van der Waals surface area contributed by atoms with Gasteiger partial charge in [0.05, 0.1) is 16.9 Å². The predicted octanol–water partition coefficient (Wildman–Crippen LogP) is 2.76. The van der Waals surface area contributed by atoms with Gasteiger partial charge in [0.25, 0.3) is 0 Å². The molecule has 6 nitrogen and oxygen atoms in total. The third-order valence-corrected chi connectivity index (χ3v) is 4.55. The standard InChI is InChI=1S/C17H24N2O4/c1-10-11(2)14(18(3)4)13(17(22)23)15(12(10)16(20)21)19-8-6-5-7-9-19/h5-9H2,1-4H3,(H,20,21)(H,22,23). The van der Waals surface area contributed by atoms with Crippen molar-refractivity contribution in [1.82, 2.24) is 0 Å². The van der Waals surface area contributed by atoms with Crippen LogP contribution in [0.5, 0.6) is 0 Å². The Morgan fingerprint density at radius 3 is 1.87 bits per heavy atom. The van der Waals surface area contributed by atoms with Crippen LogP contribution in [0.15, 0.2) is 0 Å². The fraction of sp³-hybridized carbons (Fsp3) is 0.529. The first-order chi connectivity index (χ1) is 10.8. The van der Waals surface area contributed by atoms with E-state index in [0.29, 0.717) is 35.6 Å². The molecule has 1 aliphatic rings. The molecule has 0 bridgehead atoms. The van der Waals surface area contributed by atoms with E-state index < -0.39 is 11.9 Å². The Morgan fingerprint density at radius 1 is 0.913 bits per heavy atom. The highest BCUT2D eigenvalue weighted by atomic mass is 16.4. The maximum Gasteiger partial charge on any atom is 0.339 e. The van der Waals surface area contributed by atoms with Crippen LogP contribution in [0.3, 0.4) is 0 Å². The van der Waals surface area contributed by atoms with E-state index in [4.69, 9.17) is 0 Å². The summed E-state index contributed by atoms with van der Waals surface area (Å²) in [6, 6.07) is 0. The molecule has 0 atom stereocenters. The zero-order valence-corrected chi connectivity index (χ0v) is 14.1. The predicted molar refractivity (Wildman–Crippen MR) is 90.2 cm³/mol. The number of piperidine rings is 1. The third-order valence-electron chi connectivity index (χ3n) is 4.55. The van der Waals surface area contributed by atoms with Gasteiger partial charge in [-0.15, -0.1) is 0 Å². The number of anilines is 2. The van der Waals surface area contributed by atoms with Crippen LogP contribution in [-0.4, -0.2) is 49.3 Å². The first-order valence-corrected chi connectivity index (χ1v) is 7.83. The topological polar surface area (TPSA) is 81.1 Å². The summed E-state index contributed by atoms with van der Waals surface area (Å²) in [4.78, 5) is 27.5. The average Bonchev–Trinajstić information content (AvgIpc) is 2.48. The molecular formula is C17H24N2O4. The van der Waals surface area contributed by atoms with Crippen LogP contribution in [0, 0.1) is 13.8 Å². The highest BCUT2D eigenvalue weighted by Gasteiger charge is 2.31. The van der Waals surface area contributed by atoms with Crippen molar-refractivity contribution in [2.24, 2.45) is 0 Å². The van der Waals surface area contributed by atoms with Gasteiger partial charge in [0.1, 0.15) is 5.56 Å². The second-order valence-electron chi connectivity index (χ2n) is 6.25. The Hall–Kier alpha value is -2.24. The summed E-state index contributed by atoms with van der Waals surface area (Å²) < 4.78 is 0. The number of benzene rings is 1. The molecule has 126 valence electrons. The fourth-order valence-corrected chi connectivity index (χ4v) is 3.42. The number of carbonyl (C=O) groups is 2. The molecule has 0 spiro atoms. The summed E-state index contributed by atoms with van der Waals surface area (Å²) in [6.45, 7) is 4.92.